The number of fused-ring (bicyclic) bond motifs is 1. The van der Waals surface area contributed by atoms with E-state index in [1.165, 1.54) is 0 Å². The molecule has 1 aliphatic rings. The van der Waals surface area contributed by atoms with Crippen LogP contribution in [0.15, 0.2) is 64.4 Å². The molecule has 0 fully saturated rings. The summed E-state index contributed by atoms with van der Waals surface area (Å²) in [5.74, 6) is 0.0151. The number of hydrazone groups is 1. The minimum atomic E-state index is -0.118. The van der Waals surface area contributed by atoms with E-state index >= 15 is 0 Å². The normalized spacial score (nSPS) is 16.8. The van der Waals surface area contributed by atoms with Gasteiger partial charge in [-0.3, -0.25) is 14.8 Å². The van der Waals surface area contributed by atoms with E-state index in [4.69, 9.17) is 0 Å². The van der Waals surface area contributed by atoms with Crippen LogP contribution in [0, 0.1) is 0 Å². The predicted molar refractivity (Wildman–Crippen MR) is 105 cm³/mol. The lowest BCUT2D eigenvalue weighted by atomic mass is 9.98. The highest BCUT2D eigenvalue weighted by Gasteiger charge is 2.32. The Balaban J connectivity index is 1.72. The van der Waals surface area contributed by atoms with Crippen molar-refractivity contribution in [3.63, 3.8) is 0 Å². The molecule has 0 unspecified atom stereocenters. The van der Waals surface area contributed by atoms with Gasteiger partial charge in [-0.15, -0.1) is 0 Å². The summed E-state index contributed by atoms with van der Waals surface area (Å²) >= 11 is 3.45. The molecule has 3 aromatic rings. The number of amides is 1. The van der Waals surface area contributed by atoms with Crippen molar-refractivity contribution in [1.82, 2.24) is 15.0 Å². The maximum absolute atomic E-state index is 12.5. The zero-order valence-corrected chi connectivity index (χ0v) is 15.8. The van der Waals surface area contributed by atoms with Gasteiger partial charge >= 0.3 is 0 Å². The van der Waals surface area contributed by atoms with Crippen molar-refractivity contribution < 1.29 is 4.79 Å². The molecule has 0 bridgehead atoms. The van der Waals surface area contributed by atoms with Gasteiger partial charge in [0.2, 0.25) is 5.91 Å². The van der Waals surface area contributed by atoms with Crippen LogP contribution >= 0.6 is 15.9 Å². The van der Waals surface area contributed by atoms with E-state index in [1.54, 1.807) is 17.4 Å². The Labute approximate surface area is 159 Å². The van der Waals surface area contributed by atoms with Crippen LogP contribution in [-0.2, 0) is 4.79 Å². The quantitative estimate of drug-likeness (QED) is 0.641. The minimum absolute atomic E-state index is 0.0151. The van der Waals surface area contributed by atoms with E-state index < -0.39 is 0 Å². The fourth-order valence-corrected chi connectivity index (χ4v) is 3.43. The first-order valence-corrected chi connectivity index (χ1v) is 9.31. The maximum Gasteiger partial charge on any atom is 0.242 e. The molecule has 0 saturated carbocycles. The maximum atomic E-state index is 12.5. The van der Waals surface area contributed by atoms with Crippen LogP contribution in [0.25, 0.3) is 11.0 Å². The summed E-state index contributed by atoms with van der Waals surface area (Å²) in [6, 6.07) is 13.9. The summed E-state index contributed by atoms with van der Waals surface area (Å²) < 4.78 is 1.02. The molecule has 1 aromatic heterocycles. The van der Waals surface area contributed by atoms with E-state index in [9.17, 15) is 4.79 Å². The van der Waals surface area contributed by atoms with Crippen molar-refractivity contribution in [1.29, 1.82) is 0 Å². The number of benzene rings is 2. The van der Waals surface area contributed by atoms with Crippen LogP contribution in [0.2, 0.25) is 0 Å². The third-order valence-electron chi connectivity index (χ3n) is 4.52. The molecule has 1 atom stereocenters. The summed E-state index contributed by atoms with van der Waals surface area (Å²) in [6.45, 7) is 1.86. The number of halogens is 1. The standard InChI is InChI=1S/C20H17BrN4O/c1-2-20(26)25-19(12-17(24-25)13-3-6-15(21)7-4-13)14-5-8-16-18(11-14)23-10-9-22-16/h3-11,19H,2,12H2,1H3/t19-/m0/s1. The van der Waals surface area contributed by atoms with E-state index in [-0.39, 0.29) is 11.9 Å². The Bertz CT molecular complexity index is 1000. The number of aromatic nitrogens is 2. The summed E-state index contributed by atoms with van der Waals surface area (Å²) in [5.41, 5.74) is 4.65. The SMILES string of the molecule is CCC(=O)N1N=C(c2ccc(Br)cc2)C[C@H]1c1ccc2nccnc2c1. The Morgan fingerprint density at radius 3 is 2.58 bits per heavy atom. The van der Waals surface area contributed by atoms with Gasteiger partial charge in [-0.05, 0) is 35.4 Å². The highest BCUT2D eigenvalue weighted by atomic mass is 79.9. The van der Waals surface area contributed by atoms with Crippen LogP contribution in [0.4, 0.5) is 0 Å². The van der Waals surface area contributed by atoms with Crippen molar-refractivity contribution in [2.75, 3.05) is 0 Å². The molecule has 0 spiro atoms. The van der Waals surface area contributed by atoms with Crippen LogP contribution in [0.3, 0.4) is 0 Å². The first-order valence-electron chi connectivity index (χ1n) is 8.52. The van der Waals surface area contributed by atoms with Gasteiger partial charge in [0.1, 0.15) is 0 Å². The molecule has 0 saturated heterocycles. The van der Waals surface area contributed by atoms with Gasteiger partial charge in [0.25, 0.3) is 0 Å². The average molecular weight is 409 g/mol. The van der Waals surface area contributed by atoms with Crippen LogP contribution in [0.5, 0.6) is 0 Å². The van der Waals surface area contributed by atoms with Crippen LogP contribution in [-0.4, -0.2) is 26.6 Å². The van der Waals surface area contributed by atoms with E-state index in [1.807, 2.05) is 49.4 Å². The zero-order valence-electron chi connectivity index (χ0n) is 14.3. The van der Waals surface area contributed by atoms with Crippen molar-refractivity contribution in [2.24, 2.45) is 5.10 Å². The third-order valence-corrected chi connectivity index (χ3v) is 5.05. The minimum Gasteiger partial charge on any atom is -0.273 e. The van der Waals surface area contributed by atoms with Gasteiger partial charge in [0.15, 0.2) is 0 Å². The van der Waals surface area contributed by atoms with Crippen molar-refractivity contribution in [3.05, 3.63) is 70.5 Å². The molecule has 130 valence electrons. The Kier molecular flexibility index (Phi) is 4.51. The number of hydrogen-bond donors (Lipinski definition) is 0. The number of nitrogens with zero attached hydrogens (tertiary/aromatic N) is 4. The van der Waals surface area contributed by atoms with Crippen LogP contribution < -0.4 is 0 Å². The molecule has 6 heteroatoms. The average Bonchev–Trinajstić information content (AvgIpc) is 3.13. The monoisotopic (exact) mass is 408 g/mol. The zero-order chi connectivity index (χ0) is 18.1. The highest BCUT2D eigenvalue weighted by molar-refractivity contribution is 9.10. The van der Waals surface area contributed by atoms with Crippen LogP contribution in [0.1, 0.15) is 36.9 Å². The molecule has 26 heavy (non-hydrogen) atoms. The third kappa shape index (κ3) is 3.12. The molecule has 2 aromatic carbocycles. The molecule has 1 aliphatic heterocycles. The van der Waals surface area contributed by atoms with E-state index in [0.29, 0.717) is 12.8 Å². The van der Waals surface area contributed by atoms with E-state index in [0.717, 1.165) is 32.3 Å². The van der Waals surface area contributed by atoms with Gasteiger partial charge in [-0.2, -0.15) is 5.10 Å². The number of rotatable bonds is 3. The first-order chi connectivity index (χ1) is 12.7. The fraction of sp³-hybridized carbons (Fsp3) is 0.200. The summed E-state index contributed by atoms with van der Waals surface area (Å²) in [4.78, 5) is 21.2. The highest BCUT2D eigenvalue weighted by Crippen LogP contribution is 2.34. The largest absolute Gasteiger partial charge is 0.273 e. The fourth-order valence-electron chi connectivity index (χ4n) is 3.17. The lowest BCUT2D eigenvalue weighted by Gasteiger charge is -2.21. The van der Waals surface area contributed by atoms with Gasteiger partial charge in [0, 0.05) is 29.7 Å². The summed E-state index contributed by atoms with van der Waals surface area (Å²) in [7, 11) is 0. The molecule has 0 N–H and O–H groups in total. The Hall–Kier alpha value is -2.60. The van der Waals surface area contributed by atoms with Gasteiger partial charge in [-0.25, -0.2) is 5.01 Å². The second-order valence-corrected chi connectivity index (χ2v) is 7.09. The number of hydrogen-bond acceptors (Lipinski definition) is 4. The van der Waals surface area contributed by atoms with Gasteiger partial charge in [0.05, 0.1) is 22.8 Å². The predicted octanol–water partition coefficient (Wildman–Crippen LogP) is 4.48. The first kappa shape index (κ1) is 16.8. The molecule has 2 heterocycles. The van der Waals surface area contributed by atoms with Gasteiger partial charge < -0.3 is 0 Å². The molecule has 1 amide bonds. The summed E-state index contributed by atoms with van der Waals surface area (Å²) in [5, 5.41) is 6.27. The molecule has 4 rings (SSSR count). The molecular formula is C20H17BrN4O. The second-order valence-electron chi connectivity index (χ2n) is 6.17. The lowest BCUT2D eigenvalue weighted by Crippen LogP contribution is -2.26. The Morgan fingerprint density at radius 1 is 1.12 bits per heavy atom. The molecule has 0 aliphatic carbocycles. The smallest absolute Gasteiger partial charge is 0.242 e. The molecule has 5 nitrogen and oxygen atoms in total. The van der Waals surface area contributed by atoms with Gasteiger partial charge in [-0.1, -0.05) is 41.1 Å². The lowest BCUT2D eigenvalue weighted by molar-refractivity contribution is -0.132. The molecule has 0 radical (unpaired) electrons. The number of carbonyl (C=O) groups excluding carboxylic acids is 1. The second kappa shape index (κ2) is 6.96. The Morgan fingerprint density at radius 2 is 1.85 bits per heavy atom. The van der Waals surface area contributed by atoms with Crippen molar-refractivity contribution in [2.45, 2.75) is 25.8 Å². The van der Waals surface area contributed by atoms with Crippen molar-refractivity contribution >= 4 is 38.6 Å². The van der Waals surface area contributed by atoms with E-state index in [2.05, 4.69) is 31.0 Å². The number of carbonyl (C=O) groups is 1. The summed E-state index contributed by atoms with van der Waals surface area (Å²) in [6.07, 6.45) is 4.46. The van der Waals surface area contributed by atoms with Crippen molar-refractivity contribution in [3.8, 4) is 0 Å². The molecular weight excluding hydrogens is 392 g/mol. The topological polar surface area (TPSA) is 58.5 Å².